The van der Waals surface area contributed by atoms with E-state index in [1.54, 1.807) is 0 Å². The molecule has 3 N–H and O–H groups in total. The molecule has 0 atom stereocenters. The lowest BCUT2D eigenvalue weighted by Gasteiger charge is -1.78. The van der Waals surface area contributed by atoms with Crippen LogP contribution >= 0.6 is 0 Å². The van der Waals surface area contributed by atoms with Crippen LogP contribution in [0, 0.1) is 0 Å². The van der Waals surface area contributed by atoms with Crippen LogP contribution in [-0.4, -0.2) is 30.4 Å². The van der Waals surface area contributed by atoms with Gasteiger partial charge in [0.25, 0.3) is 0 Å². The molecule has 0 amide bonds. The molecule has 0 heterocycles. The van der Waals surface area contributed by atoms with Crippen molar-refractivity contribution in [3.8, 4) is 0 Å². The molecule has 0 unspecified atom stereocenters. The second kappa shape index (κ2) is 2.06. The summed E-state index contributed by atoms with van der Waals surface area (Å²) in [6.07, 6.45) is 0. The standard InChI is InChI=1S/BH3O4Si/c2-1(3)6(4)5/h2-4H. The Kier molecular flexibility index (Phi) is 1.99. The molecule has 0 aromatic rings. The van der Waals surface area contributed by atoms with E-state index in [4.69, 9.17) is 14.8 Å². The first-order valence-electron chi connectivity index (χ1n) is 1.23. The van der Waals surface area contributed by atoms with Gasteiger partial charge in [-0.15, -0.1) is 0 Å². The Hall–Kier alpha value is -0.198. The minimum absolute atomic E-state index is 2.05. The average molecular weight is 106 g/mol. The number of hydrogen-bond acceptors (Lipinski definition) is 3. The molecule has 0 aliphatic carbocycles. The number of rotatable bonds is 1. The smallest absolute Gasteiger partial charge is 0.541 e. The predicted octanol–water partition coefficient (Wildman–Crippen LogP) is -2.55. The van der Waals surface area contributed by atoms with Gasteiger partial charge in [-0.2, -0.15) is 0 Å². The molecule has 34 valence electrons. The summed E-state index contributed by atoms with van der Waals surface area (Å²) in [5.41, 5.74) is 0. The van der Waals surface area contributed by atoms with Gasteiger partial charge in [0.2, 0.25) is 0 Å². The highest BCUT2D eigenvalue weighted by molar-refractivity contribution is 7.04. The molecule has 6 heavy (non-hydrogen) atoms. The predicted molar refractivity (Wildman–Crippen MR) is 18.9 cm³/mol. The Morgan fingerprint density at radius 1 is 1.50 bits per heavy atom. The van der Waals surface area contributed by atoms with Crippen molar-refractivity contribution in [1.29, 1.82) is 0 Å². The second-order valence-corrected chi connectivity index (χ2v) is 1.90. The van der Waals surface area contributed by atoms with Gasteiger partial charge < -0.3 is 19.3 Å². The lowest BCUT2D eigenvalue weighted by Crippen LogP contribution is -2.26. The molecule has 0 rings (SSSR count). The largest absolute Gasteiger partial charge is 0.551 e. The molecule has 0 aliphatic rings. The molecule has 4 nitrogen and oxygen atoms in total. The van der Waals surface area contributed by atoms with E-state index in [1.807, 2.05) is 0 Å². The van der Waals surface area contributed by atoms with Crippen molar-refractivity contribution in [1.82, 2.24) is 0 Å². The Labute approximate surface area is 35.9 Å². The minimum Gasteiger partial charge on any atom is -0.541 e. The highest BCUT2D eigenvalue weighted by atomic mass is 28.3. The Morgan fingerprint density at radius 2 is 1.67 bits per heavy atom. The summed E-state index contributed by atoms with van der Waals surface area (Å²) in [4.78, 5) is 7.68. The quantitative estimate of drug-likeness (QED) is 0.321. The van der Waals surface area contributed by atoms with Crippen molar-refractivity contribution in [3.63, 3.8) is 0 Å². The van der Waals surface area contributed by atoms with Gasteiger partial charge in [-0.25, -0.2) is 0 Å². The SMILES string of the molecule is O=[Si](O)B(O)O. The summed E-state index contributed by atoms with van der Waals surface area (Å²) < 4.78 is 9.38. The molecule has 0 fully saturated rings. The third-order valence-corrected chi connectivity index (χ3v) is 0.663. The lowest BCUT2D eigenvalue weighted by molar-refractivity contribution is 0.391. The van der Waals surface area contributed by atoms with Crippen LogP contribution in [0.15, 0.2) is 0 Å². The van der Waals surface area contributed by atoms with Crippen molar-refractivity contribution in [2.75, 3.05) is 0 Å². The van der Waals surface area contributed by atoms with Crippen LogP contribution < -0.4 is 0 Å². The third kappa shape index (κ3) is 2.06. The van der Waals surface area contributed by atoms with Gasteiger partial charge in [-0.3, -0.25) is 0 Å². The zero-order valence-electron chi connectivity index (χ0n) is 2.83. The summed E-state index contributed by atoms with van der Waals surface area (Å²) in [6, 6.07) is 0. The van der Waals surface area contributed by atoms with Crippen LogP contribution in [0.4, 0.5) is 0 Å². The van der Waals surface area contributed by atoms with E-state index < -0.39 is 15.5 Å². The molecule has 0 saturated carbocycles. The van der Waals surface area contributed by atoms with Crippen LogP contribution in [0.2, 0.25) is 0 Å². The fraction of sp³-hybridized carbons (Fsp3) is 0. The second-order valence-electron chi connectivity index (χ2n) is 0.712. The van der Waals surface area contributed by atoms with Gasteiger partial charge >= 0.3 is 15.5 Å². The Bertz CT molecular complexity index is 58.6. The summed E-state index contributed by atoms with van der Waals surface area (Å²) in [5, 5.41) is 15.3. The van der Waals surface area contributed by atoms with Gasteiger partial charge in [-0.1, -0.05) is 0 Å². The highest BCUT2D eigenvalue weighted by Gasteiger charge is 2.21. The summed E-state index contributed by atoms with van der Waals surface area (Å²) in [7, 11) is -3.09. The average Bonchev–Trinajstić information content (AvgIpc) is 1.36. The van der Waals surface area contributed by atoms with Gasteiger partial charge in [-0.05, 0) is 0 Å². The zero-order valence-corrected chi connectivity index (χ0v) is 3.83. The minimum atomic E-state index is -3.09. The maximum atomic E-state index is 9.38. The summed E-state index contributed by atoms with van der Waals surface area (Å²) >= 11 is 0. The van der Waals surface area contributed by atoms with E-state index in [0.717, 1.165) is 0 Å². The van der Waals surface area contributed by atoms with Crippen LogP contribution in [-0.2, 0) is 4.46 Å². The lowest BCUT2D eigenvalue weighted by atomic mass is 10.4. The molecule has 0 aliphatic heterocycles. The van der Waals surface area contributed by atoms with Crippen molar-refractivity contribution in [2.24, 2.45) is 0 Å². The van der Waals surface area contributed by atoms with Gasteiger partial charge in [0, 0.05) is 0 Å². The van der Waals surface area contributed by atoms with E-state index in [9.17, 15) is 4.46 Å². The van der Waals surface area contributed by atoms with Gasteiger partial charge in [0.05, 0.1) is 0 Å². The summed E-state index contributed by atoms with van der Waals surface area (Å²) in [5.74, 6) is 0. The van der Waals surface area contributed by atoms with Crippen LogP contribution in [0.1, 0.15) is 0 Å². The van der Waals surface area contributed by atoms with Gasteiger partial charge in [0.15, 0.2) is 0 Å². The molecule has 6 heteroatoms. The maximum Gasteiger partial charge on any atom is 0.551 e. The van der Waals surface area contributed by atoms with Crippen LogP contribution in [0.25, 0.3) is 0 Å². The zero-order chi connectivity index (χ0) is 5.15. The number of hydrogen-bond donors (Lipinski definition) is 3. The molecule has 0 spiro atoms. The Morgan fingerprint density at radius 3 is 1.67 bits per heavy atom. The van der Waals surface area contributed by atoms with Crippen molar-refractivity contribution in [2.45, 2.75) is 0 Å². The first-order chi connectivity index (χ1) is 2.64. The van der Waals surface area contributed by atoms with E-state index in [1.165, 1.54) is 0 Å². The molecular formula is H3BO4Si. The van der Waals surface area contributed by atoms with Crippen molar-refractivity contribution < 1.29 is 19.3 Å². The molecule has 0 radical (unpaired) electrons. The maximum absolute atomic E-state index is 9.38. The van der Waals surface area contributed by atoms with E-state index in [2.05, 4.69) is 0 Å². The van der Waals surface area contributed by atoms with Gasteiger partial charge in [0.1, 0.15) is 0 Å². The van der Waals surface area contributed by atoms with E-state index in [-0.39, 0.29) is 0 Å². The first kappa shape index (κ1) is 5.80. The fourth-order valence-electron chi connectivity index (χ4n) is 0. The molecule has 0 saturated heterocycles. The molecule has 0 aromatic carbocycles. The van der Waals surface area contributed by atoms with E-state index >= 15 is 0 Å². The topological polar surface area (TPSA) is 77.8 Å². The fourth-order valence-corrected chi connectivity index (χ4v) is 0. The van der Waals surface area contributed by atoms with Crippen molar-refractivity contribution >= 4 is 15.5 Å². The van der Waals surface area contributed by atoms with Crippen LogP contribution in [0.3, 0.4) is 0 Å². The molecule has 0 bridgehead atoms. The monoisotopic (exact) mass is 106 g/mol. The van der Waals surface area contributed by atoms with Crippen molar-refractivity contribution in [3.05, 3.63) is 0 Å². The highest BCUT2D eigenvalue weighted by Crippen LogP contribution is 1.58. The van der Waals surface area contributed by atoms with E-state index in [0.29, 0.717) is 0 Å². The first-order valence-corrected chi connectivity index (χ1v) is 2.67. The third-order valence-electron chi connectivity index (χ3n) is 0.221. The summed E-state index contributed by atoms with van der Waals surface area (Å²) in [6.45, 7) is -2.05. The van der Waals surface area contributed by atoms with Crippen LogP contribution in [0.5, 0.6) is 0 Å². The normalized spacial score (nSPS) is 7.67. The molecule has 0 aromatic heterocycles. The Balaban J connectivity index is 3.26. The molecular weight excluding hydrogens is 103 g/mol.